The number of carbonyl (C=O) groups excluding carboxylic acids is 2. The molecule has 0 radical (unpaired) electrons. The highest BCUT2D eigenvalue weighted by Gasteiger charge is 2.33. The number of benzene rings is 3. The van der Waals surface area contributed by atoms with Gasteiger partial charge in [-0.3, -0.25) is 13.9 Å². The maximum atomic E-state index is 14.5. The quantitative estimate of drug-likeness (QED) is 0.398. The first-order valence-electron chi connectivity index (χ1n) is 11.7. The summed E-state index contributed by atoms with van der Waals surface area (Å²) in [7, 11) is -0.0353. The molecular formula is C27H30FN3O6S. The van der Waals surface area contributed by atoms with Crippen LogP contribution in [0.4, 0.5) is 10.1 Å². The van der Waals surface area contributed by atoms with E-state index >= 15 is 0 Å². The van der Waals surface area contributed by atoms with Gasteiger partial charge in [0.15, 0.2) is 0 Å². The van der Waals surface area contributed by atoms with E-state index < -0.39 is 40.2 Å². The minimum Gasteiger partial charge on any atom is -0.497 e. The molecule has 0 aliphatic heterocycles. The topological polar surface area (TPSA) is 105 Å². The van der Waals surface area contributed by atoms with E-state index in [2.05, 4.69) is 5.32 Å². The Bertz CT molecular complexity index is 1380. The van der Waals surface area contributed by atoms with Crippen molar-refractivity contribution in [1.82, 2.24) is 10.2 Å². The Morgan fingerprint density at radius 1 is 0.947 bits per heavy atom. The van der Waals surface area contributed by atoms with Gasteiger partial charge < -0.3 is 19.7 Å². The minimum absolute atomic E-state index is 0.0861. The summed E-state index contributed by atoms with van der Waals surface area (Å²) in [5.41, 5.74) is 0.302. The Balaban J connectivity index is 2.08. The number of carbonyl (C=O) groups is 2. The summed E-state index contributed by atoms with van der Waals surface area (Å²) in [6, 6.07) is 16.9. The number of likely N-dealkylation sites (N-methyl/N-ethyl adjacent to an activating group) is 1. The highest BCUT2D eigenvalue weighted by molar-refractivity contribution is 7.92. The van der Waals surface area contributed by atoms with E-state index in [1.54, 1.807) is 24.3 Å². The summed E-state index contributed by atoms with van der Waals surface area (Å²) in [6.07, 6.45) is 0. The molecule has 0 saturated carbocycles. The molecule has 0 fully saturated rings. The van der Waals surface area contributed by atoms with Gasteiger partial charge in [-0.2, -0.15) is 0 Å². The molecule has 0 aliphatic rings. The van der Waals surface area contributed by atoms with E-state index in [0.717, 1.165) is 9.21 Å². The second kappa shape index (κ2) is 12.4. The Kier molecular flexibility index (Phi) is 9.30. The standard InChI is InChI=1S/C27H30FN3O6S/c1-19(27(33)29-2)30(17-20-9-5-6-10-23(20)28)26(32)18-31(24-11-7-8-12-25(24)37-4)38(34,35)22-15-13-21(36-3)14-16-22/h5-16,19H,17-18H2,1-4H3,(H,29,33)/t19-/m1/s1. The first-order valence-corrected chi connectivity index (χ1v) is 13.1. The number of ether oxygens (including phenoxy) is 2. The first kappa shape index (κ1) is 28.5. The van der Waals surface area contributed by atoms with Crippen LogP contribution in [-0.4, -0.2) is 59.0 Å². The van der Waals surface area contributed by atoms with Gasteiger partial charge in [-0.05, 0) is 49.4 Å². The molecule has 0 saturated heterocycles. The van der Waals surface area contributed by atoms with Crippen LogP contribution in [0.5, 0.6) is 11.5 Å². The van der Waals surface area contributed by atoms with Gasteiger partial charge in [-0.25, -0.2) is 12.8 Å². The summed E-state index contributed by atoms with van der Waals surface area (Å²) in [6.45, 7) is 0.565. The van der Waals surface area contributed by atoms with Crippen LogP contribution in [0.1, 0.15) is 12.5 Å². The van der Waals surface area contributed by atoms with Crippen molar-refractivity contribution in [2.75, 3.05) is 32.1 Å². The molecule has 38 heavy (non-hydrogen) atoms. The predicted octanol–water partition coefficient (Wildman–Crippen LogP) is 3.20. The fourth-order valence-electron chi connectivity index (χ4n) is 3.83. The normalized spacial score (nSPS) is 11.8. The van der Waals surface area contributed by atoms with Crippen LogP contribution < -0.4 is 19.1 Å². The van der Waals surface area contributed by atoms with Crippen molar-refractivity contribution in [2.45, 2.75) is 24.4 Å². The van der Waals surface area contributed by atoms with Crippen LogP contribution in [-0.2, 0) is 26.2 Å². The molecule has 3 aromatic carbocycles. The zero-order valence-electron chi connectivity index (χ0n) is 21.5. The number of hydrogen-bond acceptors (Lipinski definition) is 6. The van der Waals surface area contributed by atoms with Gasteiger partial charge in [0.05, 0.1) is 24.8 Å². The number of halogens is 1. The van der Waals surface area contributed by atoms with Crippen molar-refractivity contribution < 1.29 is 31.9 Å². The third-order valence-electron chi connectivity index (χ3n) is 5.99. The average Bonchev–Trinajstić information content (AvgIpc) is 2.94. The van der Waals surface area contributed by atoms with Crippen molar-refractivity contribution in [3.63, 3.8) is 0 Å². The SMILES string of the molecule is CNC(=O)[C@@H](C)N(Cc1ccccc1F)C(=O)CN(c1ccccc1OC)S(=O)(=O)c1ccc(OC)cc1. The summed E-state index contributed by atoms with van der Waals surface area (Å²) >= 11 is 0. The maximum Gasteiger partial charge on any atom is 0.264 e. The van der Waals surface area contributed by atoms with Gasteiger partial charge in [-0.15, -0.1) is 0 Å². The fourth-order valence-corrected chi connectivity index (χ4v) is 5.25. The maximum absolute atomic E-state index is 14.5. The van der Waals surface area contributed by atoms with Crippen molar-refractivity contribution in [1.29, 1.82) is 0 Å². The fraction of sp³-hybridized carbons (Fsp3) is 0.259. The minimum atomic E-state index is -4.30. The lowest BCUT2D eigenvalue weighted by atomic mass is 10.1. The molecule has 11 heteroatoms. The second-order valence-electron chi connectivity index (χ2n) is 8.26. The predicted molar refractivity (Wildman–Crippen MR) is 141 cm³/mol. The van der Waals surface area contributed by atoms with Gasteiger partial charge in [0.1, 0.15) is 29.9 Å². The molecular weight excluding hydrogens is 513 g/mol. The molecule has 0 unspecified atom stereocenters. The number of amides is 2. The molecule has 0 bridgehead atoms. The smallest absolute Gasteiger partial charge is 0.264 e. The van der Waals surface area contributed by atoms with Crippen LogP contribution in [0.15, 0.2) is 77.7 Å². The molecule has 3 rings (SSSR count). The van der Waals surface area contributed by atoms with Gasteiger partial charge in [0, 0.05) is 19.2 Å². The van der Waals surface area contributed by atoms with Gasteiger partial charge in [0.25, 0.3) is 10.0 Å². The number of methoxy groups -OCH3 is 2. The Morgan fingerprint density at radius 3 is 2.18 bits per heavy atom. The summed E-state index contributed by atoms with van der Waals surface area (Å²) < 4.78 is 53.6. The van der Waals surface area contributed by atoms with E-state index in [4.69, 9.17) is 9.47 Å². The number of rotatable bonds is 11. The Hall–Kier alpha value is -4.12. The molecule has 1 N–H and O–H groups in total. The van der Waals surface area contributed by atoms with Gasteiger partial charge >= 0.3 is 0 Å². The molecule has 202 valence electrons. The average molecular weight is 544 g/mol. The number of hydrogen-bond donors (Lipinski definition) is 1. The highest BCUT2D eigenvalue weighted by atomic mass is 32.2. The van der Waals surface area contributed by atoms with E-state index in [1.165, 1.54) is 76.7 Å². The second-order valence-corrected chi connectivity index (χ2v) is 10.1. The number of anilines is 1. The highest BCUT2D eigenvalue weighted by Crippen LogP contribution is 2.33. The van der Waals surface area contributed by atoms with E-state index in [1.807, 2.05) is 0 Å². The molecule has 2 amide bonds. The summed E-state index contributed by atoms with van der Waals surface area (Å²) in [4.78, 5) is 27.3. The van der Waals surface area contributed by atoms with E-state index in [0.29, 0.717) is 5.75 Å². The number of sulfonamides is 1. The Labute approximate surface area is 221 Å². The Morgan fingerprint density at radius 2 is 1.58 bits per heavy atom. The number of nitrogens with zero attached hydrogens (tertiary/aromatic N) is 2. The summed E-state index contributed by atoms with van der Waals surface area (Å²) in [5.74, 6) is -1.08. The molecule has 3 aromatic rings. The zero-order valence-corrected chi connectivity index (χ0v) is 22.4. The number of para-hydroxylation sites is 2. The molecule has 1 atom stereocenters. The van der Waals surface area contributed by atoms with Gasteiger partial charge in [-0.1, -0.05) is 30.3 Å². The summed E-state index contributed by atoms with van der Waals surface area (Å²) in [5, 5.41) is 2.48. The van der Waals surface area contributed by atoms with E-state index in [9.17, 15) is 22.4 Å². The third kappa shape index (κ3) is 6.23. The van der Waals surface area contributed by atoms with Crippen molar-refractivity contribution >= 4 is 27.5 Å². The van der Waals surface area contributed by atoms with Crippen LogP contribution in [0, 0.1) is 5.82 Å². The van der Waals surface area contributed by atoms with Crippen molar-refractivity contribution in [3.8, 4) is 11.5 Å². The molecule has 0 aliphatic carbocycles. The third-order valence-corrected chi connectivity index (χ3v) is 7.77. The number of nitrogens with one attached hydrogen (secondary N) is 1. The van der Waals surface area contributed by atoms with Crippen LogP contribution in [0.3, 0.4) is 0 Å². The van der Waals surface area contributed by atoms with Crippen molar-refractivity contribution in [2.24, 2.45) is 0 Å². The largest absolute Gasteiger partial charge is 0.497 e. The lowest BCUT2D eigenvalue weighted by molar-refractivity contribution is -0.139. The lowest BCUT2D eigenvalue weighted by Gasteiger charge is -2.32. The van der Waals surface area contributed by atoms with Crippen LogP contribution in [0.2, 0.25) is 0 Å². The molecule has 0 heterocycles. The first-order chi connectivity index (χ1) is 18.1. The van der Waals surface area contributed by atoms with Gasteiger partial charge in [0.2, 0.25) is 11.8 Å². The van der Waals surface area contributed by atoms with E-state index in [-0.39, 0.29) is 28.4 Å². The zero-order chi connectivity index (χ0) is 27.9. The molecule has 9 nitrogen and oxygen atoms in total. The molecule has 0 spiro atoms. The molecule has 0 aromatic heterocycles. The lowest BCUT2D eigenvalue weighted by Crippen LogP contribution is -2.50. The van der Waals surface area contributed by atoms with Crippen molar-refractivity contribution in [3.05, 3.63) is 84.2 Å². The monoisotopic (exact) mass is 543 g/mol. The van der Waals surface area contributed by atoms with Crippen LogP contribution >= 0.6 is 0 Å². The van der Waals surface area contributed by atoms with Crippen LogP contribution in [0.25, 0.3) is 0 Å².